The third-order valence-corrected chi connectivity index (χ3v) is 0.935. The average Bonchev–Trinajstić information content (AvgIpc) is 1.88. The van der Waals surface area contributed by atoms with Crippen molar-refractivity contribution >= 4 is 47.7 Å². The quantitative estimate of drug-likeness (QED) is 0.531. The summed E-state index contributed by atoms with van der Waals surface area (Å²) in [5.41, 5.74) is 0.245. The number of phenols is 1. The van der Waals surface area contributed by atoms with Gasteiger partial charge >= 0.3 is 29.6 Å². The first-order valence-corrected chi connectivity index (χ1v) is 2.45. The molecule has 0 spiro atoms. The van der Waals surface area contributed by atoms with E-state index in [1.165, 1.54) is 18.2 Å². The van der Waals surface area contributed by atoms with Gasteiger partial charge in [-0.25, -0.2) is 0 Å². The van der Waals surface area contributed by atoms with Gasteiger partial charge in [-0.2, -0.15) is 0 Å². The summed E-state index contributed by atoms with van der Waals surface area (Å²) in [7, 11) is 0. The molecule has 3 nitrogen and oxygen atoms in total. The molecular formula is C6H7ClNNaO2. The first-order valence-electron chi connectivity index (χ1n) is 2.45. The molecular weight excluding hydrogens is 177 g/mol. The second-order valence-corrected chi connectivity index (χ2v) is 1.61. The van der Waals surface area contributed by atoms with Crippen LogP contribution in [-0.4, -0.2) is 34.7 Å². The van der Waals surface area contributed by atoms with Crippen molar-refractivity contribution in [2.75, 3.05) is 0 Å². The zero-order valence-electron chi connectivity index (χ0n) is 5.02. The van der Waals surface area contributed by atoms with Gasteiger partial charge in [0.25, 0.3) is 0 Å². The number of nitroso groups, excluding NO2 is 1. The molecule has 0 aliphatic carbocycles. The van der Waals surface area contributed by atoms with Gasteiger partial charge < -0.3 is 5.11 Å². The summed E-state index contributed by atoms with van der Waals surface area (Å²) in [5, 5.41) is 11.4. The monoisotopic (exact) mass is 183 g/mol. The number of hydrogen-bond donors (Lipinski definition) is 1. The van der Waals surface area contributed by atoms with Gasteiger partial charge in [-0.15, -0.1) is 17.3 Å². The van der Waals surface area contributed by atoms with Crippen LogP contribution < -0.4 is 0 Å². The molecule has 5 heteroatoms. The van der Waals surface area contributed by atoms with Crippen molar-refractivity contribution in [1.82, 2.24) is 0 Å². The Balaban J connectivity index is 0. The van der Waals surface area contributed by atoms with Crippen molar-refractivity contribution < 1.29 is 5.11 Å². The first kappa shape index (κ1) is 13.5. The molecule has 0 atom stereocenters. The summed E-state index contributed by atoms with van der Waals surface area (Å²) in [4.78, 5) is 9.80. The molecule has 0 fully saturated rings. The Kier molecular flexibility index (Phi) is 8.11. The molecule has 0 amide bonds. The van der Waals surface area contributed by atoms with Crippen LogP contribution in [0.5, 0.6) is 5.75 Å². The summed E-state index contributed by atoms with van der Waals surface area (Å²) < 4.78 is 0. The number of nitrogens with zero attached hydrogens (tertiary/aromatic N) is 1. The molecule has 0 bridgehead atoms. The van der Waals surface area contributed by atoms with Gasteiger partial charge in [0.1, 0.15) is 11.4 Å². The molecule has 0 aliphatic heterocycles. The number of aromatic hydroxyl groups is 1. The molecule has 0 heterocycles. The summed E-state index contributed by atoms with van der Waals surface area (Å²) in [5.74, 6) is 0.0621. The number of hydrogen-bond acceptors (Lipinski definition) is 3. The van der Waals surface area contributed by atoms with Crippen LogP contribution in [0.3, 0.4) is 0 Å². The van der Waals surface area contributed by atoms with Crippen LogP contribution in [0.4, 0.5) is 5.69 Å². The number of benzene rings is 1. The van der Waals surface area contributed by atoms with Crippen molar-refractivity contribution in [3.63, 3.8) is 0 Å². The predicted molar refractivity (Wildman–Crippen MR) is 48.0 cm³/mol. The van der Waals surface area contributed by atoms with Crippen LogP contribution in [0.2, 0.25) is 0 Å². The third-order valence-electron chi connectivity index (χ3n) is 0.935. The summed E-state index contributed by atoms with van der Waals surface area (Å²) in [6.45, 7) is 0. The number of rotatable bonds is 1. The van der Waals surface area contributed by atoms with E-state index in [0.29, 0.717) is 0 Å². The molecule has 0 saturated heterocycles. The van der Waals surface area contributed by atoms with E-state index in [1.807, 2.05) is 0 Å². The maximum absolute atomic E-state index is 9.80. The summed E-state index contributed by atoms with van der Waals surface area (Å²) >= 11 is 0. The van der Waals surface area contributed by atoms with Crippen LogP contribution in [-0.2, 0) is 0 Å². The number of halogens is 1. The Labute approximate surface area is 92.5 Å². The van der Waals surface area contributed by atoms with Crippen LogP contribution in [0.15, 0.2) is 29.4 Å². The van der Waals surface area contributed by atoms with Crippen molar-refractivity contribution in [2.45, 2.75) is 0 Å². The number of phenolic OH excluding ortho intramolecular Hbond substituents is 1. The van der Waals surface area contributed by atoms with Crippen LogP contribution in [0, 0.1) is 4.91 Å². The third kappa shape index (κ3) is 4.37. The fraction of sp³-hybridized carbons (Fsp3) is 0. The molecule has 1 N–H and O–H groups in total. The van der Waals surface area contributed by atoms with E-state index >= 15 is 0 Å². The fourth-order valence-electron chi connectivity index (χ4n) is 0.550. The van der Waals surface area contributed by atoms with E-state index in [9.17, 15) is 4.91 Å². The minimum atomic E-state index is 0. The first-order chi connectivity index (χ1) is 4.33. The minimum absolute atomic E-state index is 0. The van der Waals surface area contributed by atoms with Crippen molar-refractivity contribution in [3.8, 4) is 5.75 Å². The molecule has 56 valence electrons. The van der Waals surface area contributed by atoms with Gasteiger partial charge in [0, 0.05) is 6.07 Å². The Morgan fingerprint density at radius 3 is 2.36 bits per heavy atom. The van der Waals surface area contributed by atoms with Gasteiger partial charge in [0.15, 0.2) is 0 Å². The topological polar surface area (TPSA) is 49.7 Å². The molecule has 1 aromatic carbocycles. The van der Waals surface area contributed by atoms with E-state index in [0.717, 1.165) is 0 Å². The molecule has 0 unspecified atom stereocenters. The molecule has 0 radical (unpaired) electrons. The SMILES string of the molecule is Cl.O=Nc1cccc(O)c1.[NaH]. The van der Waals surface area contributed by atoms with Crippen LogP contribution in [0.25, 0.3) is 0 Å². The van der Waals surface area contributed by atoms with Gasteiger partial charge in [-0.05, 0) is 17.3 Å². The Morgan fingerprint density at radius 1 is 1.36 bits per heavy atom. The maximum atomic E-state index is 9.80. The normalized spacial score (nSPS) is 7.27. The van der Waals surface area contributed by atoms with Gasteiger partial charge in [0.2, 0.25) is 0 Å². The molecule has 1 rings (SSSR count). The summed E-state index contributed by atoms with van der Waals surface area (Å²) in [6.07, 6.45) is 0. The predicted octanol–water partition coefficient (Wildman–Crippen LogP) is 1.56. The van der Waals surface area contributed by atoms with Crippen LogP contribution >= 0.6 is 12.4 Å². The fourth-order valence-corrected chi connectivity index (χ4v) is 0.550. The van der Waals surface area contributed by atoms with Crippen molar-refractivity contribution in [3.05, 3.63) is 29.2 Å². The molecule has 11 heavy (non-hydrogen) atoms. The molecule has 0 saturated carbocycles. The van der Waals surface area contributed by atoms with Crippen molar-refractivity contribution in [1.29, 1.82) is 0 Å². The Hall–Kier alpha value is -0.0900. The van der Waals surface area contributed by atoms with E-state index in [4.69, 9.17) is 5.11 Å². The Morgan fingerprint density at radius 2 is 2.00 bits per heavy atom. The van der Waals surface area contributed by atoms with Gasteiger partial charge in [-0.1, -0.05) is 6.07 Å². The summed E-state index contributed by atoms with van der Waals surface area (Å²) in [6, 6.07) is 5.86. The molecule has 0 aromatic heterocycles. The van der Waals surface area contributed by atoms with Crippen LogP contribution in [0.1, 0.15) is 0 Å². The molecule has 0 aliphatic rings. The second-order valence-electron chi connectivity index (χ2n) is 1.61. The zero-order valence-corrected chi connectivity index (χ0v) is 5.84. The van der Waals surface area contributed by atoms with Gasteiger partial charge in [0.05, 0.1) is 0 Å². The van der Waals surface area contributed by atoms with Crippen molar-refractivity contribution in [2.24, 2.45) is 5.18 Å². The van der Waals surface area contributed by atoms with E-state index in [-0.39, 0.29) is 53.4 Å². The Bertz CT molecular complexity index is 232. The van der Waals surface area contributed by atoms with E-state index < -0.39 is 0 Å². The van der Waals surface area contributed by atoms with Gasteiger partial charge in [-0.3, -0.25) is 0 Å². The zero-order chi connectivity index (χ0) is 6.69. The van der Waals surface area contributed by atoms with E-state index in [2.05, 4.69) is 5.18 Å². The standard InChI is InChI=1S/C6H5NO2.ClH.Na.H/c8-6-3-1-2-5(4-6)7-9;;;/h1-4,8H;1H;;. The second kappa shape index (κ2) is 6.61. The van der Waals surface area contributed by atoms with E-state index in [1.54, 1.807) is 6.07 Å². The molecule has 1 aromatic rings. The average molecular weight is 184 g/mol.